The first-order valence-electron chi connectivity index (χ1n) is 11.7. The molecule has 4 heteroatoms. The fraction of sp³-hybridized carbons (Fsp3) is 0.958. The molecule has 0 heterocycles. The first-order valence-corrected chi connectivity index (χ1v) is 11.7. The van der Waals surface area contributed by atoms with E-state index < -0.39 is 5.97 Å². The fourth-order valence-electron chi connectivity index (χ4n) is 8.73. The van der Waals surface area contributed by atoms with Crippen molar-refractivity contribution < 1.29 is 20.1 Å². The number of carbonyl (C=O) groups is 1. The third kappa shape index (κ3) is 3.14. The molecule has 28 heavy (non-hydrogen) atoms. The van der Waals surface area contributed by atoms with Crippen molar-refractivity contribution in [3.8, 4) is 0 Å². The molecule has 0 aromatic heterocycles. The smallest absolute Gasteiger partial charge is 0.303 e. The first-order chi connectivity index (χ1) is 13.2. The quantitative estimate of drug-likeness (QED) is 0.659. The van der Waals surface area contributed by atoms with Gasteiger partial charge in [-0.3, -0.25) is 4.79 Å². The molecule has 4 aliphatic rings. The number of hydrogen-bond acceptors (Lipinski definition) is 3. The van der Waals surface area contributed by atoms with Gasteiger partial charge in [-0.05, 0) is 104 Å². The summed E-state index contributed by atoms with van der Waals surface area (Å²) in [5, 5.41) is 30.5. The Hall–Kier alpha value is -0.610. The van der Waals surface area contributed by atoms with Crippen LogP contribution in [0.3, 0.4) is 0 Å². The molecule has 160 valence electrons. The van der Waals surface area contributed by atoms with Crippen LogP contribution < -0.4 is 0 Å². The standard InChI is InChI=1S/C24H40O4/c1-14(4-7-21(27)28)17-5-6-18-22-19(9-11-24(17,18)3)23(2)10-8-16(25)12-15(23)13-20(22)26/h14-20,22,25-26H,4-13H2,1-3H3,(H,27,28)/t14-,15+,16-,17?,18+,19+,20+,22+,23+,24-/m1/s1. The summed E-state index contributed by atoms with van der Waals surface area (Å²) < 4.78 is 0. The topological polar surface area (TPSA) is 77.8 Å². The Bertz CT molecular complexity index is 605. The van der Waals surface area contributed by atoms with Gasteiger partial charge in [0.1, 0.15) is 0 Å². The highest BCUT2D eigenvalue weighted by Crippen LogP contribution is 2.68. The molecular formula is C24H40O4. The van der Waals surface area contributed by atoms with E-state index in [1.54, 1.807) is 0 Å². The Labute approximate surface area is 170 Å². The summed E-state index contributed by atoms with van der Waals surface area (Å²) in [7, 11) is 0. The molecule has 4 rings (SSSR count). The minimum Gasteiger partial charge on any atom is -0.481 e. The summed E-state index contributed by atoms with van der Waals surface area (Å²) in [5.74, 6) is 2.36. The monoisotopic (exact) mass is 392 g/mol. The number of aliphatic hydroxyl groups excluding tert-OH is 2. The minimum absolute atomic E-state index is 0.179. The molecule has 0 bridgehead atoms. The van der Waals surface area contributed by atoms with Gasteiger partial charge < -0.3 is 15.3 Å². The average molecular weight is 393 g/mol. The summed E-state index contributed by atoms with van der Waals surface area (Å²) in [6.07, 6.45) is 9.19. The highest BCUT2D eigenvalue weighted by molar-refractivity contribution is 5.66. The molecule has 1 unspecified atom stereocenters. The SMILES string of the molecule is C[C@H](CCC(=O)O)C1CC[C@H]2[C@@H]3[C@@H](O)C[C@@H]4C[C@H](O)CC[C@]4(C)[C@H]3CC[C@]12C. The molecule has 3 N–H and O–H groups in total. The maximum atomic E-state index is 11.2. The number of rotatable bonds is 4. The van der Waals surface area contributed by atoms with Gasteiger partial charge >= 0.3 is 5.97 Å². The number of carboxylic acid groups (broad SMARTS) is 1. The second-order valence-corrected chi connectivity index (χ2v) is 11.4. The molecular weight excluding hydrogens is 352 g/mol. The fourth-order valence-corrected chi connectivity index (χ4v) is 8.73. The highest BCUT2D eigenvalue weighted by Gasteiger charge is 2.62. The zero-order valence-corrected chi connectivity index (χ0v) is 17.9. The molecule has 0 aromatic carbocycles. The summed E-state index contributed by atoms with van der Waals surface area (Å²) in [6, 6.07) is 0. The van der Waals surface area contributed by atoms with Crippen LogP contribution in [0.25, 0.3) is 0 Å². The van der Waals surface area contributed by atoms with Gasteiger partial charge in [-0.1, -0.05) is 20.8 Å². The molecule has 4 aliphatic carbocycles. The largest absolute Gasteiger partial charge is 0.481 e. The second kappa shape index (κ2) is 7.27. The van der Waals surface area contributed by atoms with Crippen LogP contribution >= 0.6 is 0 Å². The van der Waals surface area contributed by atoms with Crippen LogP contribution in [0.2, 0.25) is 0 Å². The van der Waals surface area contributed by atoms with Crippen molar-refractivity contribution >= 4 is 5.97 Å². The molecule has 0 saturated heterocycles. The maximum absolute atomic E-state index is 11.2. The van der Waals surface area contributed by atoms with Crippen LogP contribution in [0.15, 0.2) is 0 Å². The van der Waals surface area contributed by atoms with E-state index >= 15 is 0 Å². The van der Waals surface area contributed by atoms with Crippen LogP contribution in [0.4, 0.5) is 0 Å². The van der Waals surface area contributed by atoms with Crippen LogP contribution in [0, 0.1) is 46.3 Å². The van der Waals surface area contributed by atoms with Gasteiger partial charge in [-0.15, -0.1) is 0 Å². The minimum atomic E-state index is -0.684. The molecule has 4 nitrogen and oxygen atoms in total. The maximum Gasteiger partial charge on any atom is 0.303 e. The molecule has 0 amide bonds. The van der Waals surface area contributed by atoms with E-state index in [0.717, 1.165) is 32.1 Å². The van der Waals surface area contributed by atoms with Crippen molar-refractivity contribution in [1.29, 1.82) is 0 Å². The molecule has 0 aliphatic heterocycles. The zero-order valence-electron chi connectivity index (χ0n) is 17.9. The Morgan fingerprint density at radius 1 is 1.00 bits per heavy atom. The summed E-state index contributed by atoms with van der Waals surface area (Å²) in [6.45, 7) is 7.16. The number of fused-ring (bicyclic) bond motifs is 5. The van der Waals surface area contributed by atoms with Crippen molar-refractivity contribution in [2.75, 3.05) is 0 Å². The van der Waals surface area contributed by atoms with Crippen molar-refractivity contribution in [2.24, 2.45) is 46.3 Å². The van der Waals surface area contributed by atoms with E-state index in [0.29, 0.717) is 35.5 Å². The highest BCUT2D eigenvalue weighted by atomic mass is 16.4. The Morgan fingerprint density at radius 3 is 2.39 bits per heavy atom. The van der Waals surface area contributed by atoms with E-state index in [1.807, 2.05) is 0 Å². The number of hydrogen-bond donors (Lipinski definition) is 3. The summed E-state index contributed by atoms with van der Waals surface area (Å²) >= 11 is 0. The Kier molecular flexibility index (Phi) is 5.36. The van der Waals surface area contributed by atoms with Gasteiger partial charge in [-0.2, -0.15) is 0 Å². The van der Waals surface area contributed by atoms with Crippen molar-refractivity contribution in [2.45, 2.75) is 97.2 Å². The lowest BCUT2D eigenvalue weighted by Gasteiger charge is -2.62. The third-order valence-corrected chi connectivity index (χ3v) is 10.2. The lowest BCUT2D eigenvalue weighted by molar-refractivity contribution is -0.174. The molecule has 4 saturated carbocycles. The normalized spacial score (nSPS) is 51.7. The summed E-state index contributed by atoms with van der Waals surface area (Å²) in [5.41, 5.74) is 0.523. The Balaban J connectivity index is 1.55. The van der Waals surface area contributed by atoms with Gasteiger partial charge in [0.05, 0.1) is 12.2 Å². The summed E-state index contributed by atoms with van der Waals surface area (Å²) in [4.78, 5) is 11.1. The van der Waals surface area contributed by atoms with Crippen molar-refractivity contribution in [1.82, 2.24) is 0 Å². The third-order valence-electron chi connectivity index (χ3n) is 10.2. The van der Waals surface area contributed by atoms with E-state index in [-0.39, 0.29) is 29.5 Å². The first kappa shape index (κ1) is 20.7. The van der Waals surface area contributed by atoms with Gasteiger partial charge in [0.2, 0.25) is 0 Å². The van der Waals surface area contributed by atoms with Crippen LogP contribution in [-0.4, -0.2) is 33.5 Å². The molecule has 10 atom stereocenters. The lowest BCUT2D eigenvalue weighted by atomic mass is 9.43. The predicted molar refractivity (Wildman–Crippen MR) is 109 cm³/mol. The van der Waals surface area contributed by atoms with Crippen molar-refractivity contribution in [3.05, 3.63) is 0 Å². The Morgan fingerprint density at radius 2 is 1.68 bits per heavy atom. The van der Waals surface area contributed by atoms with Gasteiger partial charge in [0.25, 0.3) is 0 Å². The van der Waals surface area contributed by atoms with E-state index in [4.69, 9.17) is 5.11 Å². The molecule has 0 spiro atoms. The second-order valence-electron chi connectivity index (χ2n) is 11.4. The molecule has 4 fully saturated rings. The molecule has 0 aromatic rings. The average Bonchev–Trinajstić information content (AvgIpc) is 2.98. The van der Waals surface area contributed by atoms with Crippen molar-refractivity contribution in [3.63, 3.8) is 0 Å². The number of aliphatic hydroxyl groups is 2. The van der Waals surface area contributed by atoms with Crippen LogP contribution in [-0.2, 0) is 4.79 Å². The van der Waals surface area contributed by atoms with E-state index in [2.05, 4.69) is 20.8 Å². The van der Waals surface area contributed by atoms with Gasteiger partial charge in [0, 0.05) is 6.42 Å². The van der Waals surface area contributed by atoms with E-state index in [9.17, 15) is 15.0 Å². The van der Waals surface area contributed by atoms with E-state index in [1.165, 1.54) is 25.7 Å². The zero-order chi connectivity index (χ0) is 20.3. The number of aliphatic carboxylic acids is 1. The van der Waals surface area contributed by atoms with Crippen LogP contribution in [0.5, 0.6) is 0 Å². The number of carboxylic acids is 1. The lowest BCUT2D eigenvalue weighted by Crippen LogP contribution is -2.58. The van der Waals surface area contributed by atoms with Crippen LogP contribution in [0.1, 0.15) is 85.0 Å². The van der Waals surface area contributed by atoms with Gasteiger partial charge in [-0.25, -0.2) is 0 Å². The molecule has 0 radical (unpaired) electrons. The predicted octanol–water partition coefficient (Wildman–Crippen LogP) is 4.48. The van der Waals surface area contributed by atoms with Gasteiger partial charge in [0.15, 0.2) is 0 Å².